The third-order valence-electron chi connectivity index (χ3n) is 3.03. The van der Waals surface area contributed by atoms with E-state index in [0.717, 1.165) is 31.0 Å². The molecule has 90 valence electrons. The third-order valence-corrected chi connectivity index (χ3v) is 3.03. The van der Waals surface area contributed by atoms with E-state index < -0.39 is 11.7 Å². The lowest BCUT2D eigenvalue weighted by molar-refractivity contribution is -0.137. The van der Waals surface area contributed by atoms with Gasteiger partial charge in [-0.1, -0.05) is 0 Å². The fourth-order valence-electron chi connectivity index (χ4n) is 1.97. The van der Waals surface area contributed by atoms with Crippen molar-refractivity contribution < 1.29 is 13.2 Å². The predicted molar refractivity (Wildman–Crippen MR) is 55.8 cm³/mol. The summed E-state index contributed by atoms with van der Waals surface area (Å²) in [5.41, 5.74) is -0.148. The second-order valence-corrected chi connectivity index (χ2v) is 4.18. The first-order chi connectivity index (χ1) is 8.05. The molecule has 0 amide bonds. The average molecular weight is 241 g/mol. The SMILES string of the molecule is FC(F)(F)c1ccn2c(C3CNC3)ncc2c1. The van der Waals surface area contributed by atoms with Crippen molar-refractivity contribution in [2.24, 2.45) is 0 Å². The summed E-state index contributed by atoms with van der Waals surface area (Å²) in [6.45, 7) is 1.67. The summed E-state index contributed by atoms with van der Waals surface area (Å²) in [5.74, 6) is 1.13. The van der Waals surface area contributed by atoms with Crippen LogP contribution < -0.4 is 5.32 Å². The summed E-state index contributed by atoms with van der Waals surface area (Å²) >= 11 is 0. The zero-order valence-corrected chi connectivity index (χ0v) is 8.83. The molecule has 0 saturated carbocycles. The molecule has 1 N–H and O–H groups in total. The van der Waals surface area contributed by atoms with Crippen LogP contribution in [-0.4, -0.2) is 22.5 Å². The van der Waals surface area contributed by atoms with Gasteiger partial charge >= 0.3 is 6.18 Å². The fraction of sp³-hybridized carbons (Fsp3) is 0.364. The topological polar surface area (TPSA) is 29.3 Å². The van der Waals surface area contributed by atoms with Crippen LogP contribution in [0.3, 0.4) is 0 Å². The maximum absolute atomic E-state index is 12.5. The molecule has 0 radical (unpaired) electrons. The lowest BCUT2D eigenvalue weighted by atomic mass is 10.0. The lowest BCUT2D eigenvalue weighted by Crippen LogP contribution is -2.40. The van der Waals surface area contributed by atoms with Crippen LogP contribution in [0.5, 0.6) is 0 Å². The Bertz CT molecular complexity index is 555. The minimum absolute atomic E-state index is 0.300. The highest BCUT2D eigenvalue weighted by Crippen LogP contribution is 2.30. The highest BCUT2D eigenvalue weighted by Gasteiger charge is 2.31. The molecular formula is C11H10F3N3. The van der Waals surface area contributed by atoms with Gasteiger partial charge in [-0.3, -0.25) is 0 Å². The summed E-state index contributed by atoms with van der Waals surface area (Å²) in [6.07, 6.45) is -1.37. The highest BCUT2D eigenvalue weighted by molar-refractivity contribution is 5.49. The summed E-state index contributed by atoms with van der Waals surface area (Å²) in [7, 11) is 0. The van der Waals surface area contributed by atoms with Gasteiger partial charge in [0.05, 0.1) is 17.3 Å². The number of nitrogens with one attached hydrogen (secondary N) is 1. The van der Waals surface area contributed by atoms with Crippen molar-refractivity contribution in [2.75, 3.05) is 13.1 Å². The van der Waals surface area contributed by atoms with Gasteiger partial charge in [-0.15, -0.1) is 0 Å². The Labute approximate surface area is 95.3 Å². The number of rotatable bonds is 1. The van der Waals surface area contributed by atoms with Crippen molar-refractivity contribution in [1.82, 2.24) is 14.7 Å². The molecule has 1 fully saturated rings. The second kappa shape index (κ2) is 3.46. The highest BCUT2D eigenvalue weighted by atomic mass is 19.4. The Balaban J connectivity index is 2.07. The van der Waals surface area contributed by atoms with Crippen molar-refractivity contribution in [3.63, 3.8) is 0 Å². The number of hydrogen-bond acceptors (Lipinski definition) is 2. The van der Waals surface area contributed by atoms with Gasteiger partial charge in [-0.05, 0) is 12.1 Å². The smallest absolute Gasteiger partial charge is 0.315 e. The number of hydrogen-bond donors (Lipinski definition) is 1. The van der Waals surface area contributed by atoms with Crippen molar-refractivity contribution in [2.45, 2.75) is 12.1 Å². The molecule has 1 aliphatic heterocycles. The molecule has 0 aliphatic carbocycles. The van der Waals surface area contributed by atoms with Crippen molar-refractivity contribution in [1.29, 1.82) is 0 Å². The number of alkyl halides is 3. The molecule has 0 unspecified atom stereocenters. The van der Waals surface area contributed by atoms with Crippen molar-refractivity contribution in [3.05, 3.63) is 35.9 Å². The van der Waals surface area contributed by atoms with Gasteiger partial charge in [0.15, 0.2) is 0 Å². The molecule has 2 aromatic rings. The van der Waals surface area contributed by atoms with E-state index in [4.69, 9.17) is 0 Å². The number of fused-ring (bicyclic) bond motifs is 1. The van der Waals surface area contributed by atoms with Gasteiger partial charge in [0.1, 0.15) is 5.82 Å². The first-order valence-electron chi connectivity index (χ1n) is 5.30. The van der Waals surface area contributed by atoms with Crippen LogP contribution in [0.2, 0.25) is 0 Å². The standard InChI is InChI=1S/C11H10F3N3/c12-11(13,14)8-1-2-17-9(3-8)6-16-10(17)7-4-15-5-7/h1-3,6-7,15H,4-5H2. The first kappa shape index (κ1) is 10.6. The Hall–Kier alpha value is -1.56. The number of imidazole rings is 1. The van der Waals surface area contributed by atoms with Crippen LogP contribution in [-0.2, 0) is 6.18 Å². The molecule has 6 heteroatoms. The summed E-state index contributed by atoms with van der Waals surface area (Å²) in [6, 6.07) is 2.22. The molecule has 0 aromatic carbocycles. The van der Waals surface area contributed by atoms with Crippen molar-refractivity contribution in [3.8, 4) is 0 Å². The van der Waals surface area contributed by atoms with Gasteiger partial charge in [-0.2, -0.15) is 13.2 Å². The fourth-order valence-corrected chi connectivity index (χ4v) is 1.97. The van der Waals surface area contributed by atoms with Crippen LogP contribution >= 0.6 is 0 Å². The van der Waals surface area contributed by atoms with Crippen LogP contribution in [0, 0.1) is 0 Å². The molecule has 0 atom stereocenters. The van der Waals surface area contributed by atoms with Gasteiger partial charge in [0.25, 0.3) is 0 Å². The molecular weight excluding hydrogens is 231 g/mol. The number of nitrogens with zero attached hydrogens (tertiary/aromatic N) is 2. The molecule has 3 rings (SSSR count). The quantitative estimate of drug-likeness (QED) is 0.827. The normalized spacial score (nSPS) is 17.4. The van der Waals surface area contributed by atoms with Gasteiger partial charge in [0, 0.05) is 25.2 Å². The minimum Gasteiger partial charge on any atom is -0.315 e. The lowest BCUT2D eigenvalue weighted by Gasteiger charge is -2.25. The monoisotopic (exact) mass is 241 g/mol. The maximum Gasteiger partial charge on any atom is 0.416 e. The van der Waals surface area contributed by atoms with Gasteiger partial charge in [-0.25, -0.2) is 4.98 Å². The molecule has 0 bridgehead atoms. The minimum atomic E-state index is -4.30. The summed E-state index contributed by atoms with van der Waals surface area (Å²) < 4.78 is 39.3. The number of pyridine rings is 1. The van der Waals surface area contributed by atoms with E-state index in [1.165, 1.54) is 12.4 Å². The second-order valence-electron chi connectivity index (χ2n) is 4.18. The molecule has 17 heavy (non-hydrogen) atoms. The molecule has 1 saturated heterocycles. The van der Waals surface area contributed by atoms with E-state index in [0.29, 0.717) is 11.4 Å². The number of aromatic nitrogens is 2. The molecule has 3 nitrogen and oxygen atoms in total. The average Bonchev–Trinajstić information content (AvgIpc) is 2.57. The van der Waals surface area contributed by atoms with Crippen LogP contribution in [0.4, 0.5) is 13.2 Å². The summed E-state index contributed by atoms with van der Waals surface area (Å²) in [4.78, 5) is 4.20. The Morgan fingerprint density at radius 3 is 2.71 bits per heavy atom. The molecule has 3 heterocycles. The first-order valence-corrected chi connectivity index (χ1v) is 5.30. The van der Waals surface area contributed by atoms with E-state index in [9.17, 15) is 13.2 Å². The van der Waals surface area contributed by atoms with Gasteiger partial charge < -0.3 is 9.72 Å². The van der Waals surface area contributed by atoms with Crippen LogP contribution in [0.15, 0.2) is 24.5 Å². The molecule has 1 aliphatic rings. The Morgan fingerprint density at radius 2 is 2.12 bits per heavy atom. The Morgan fingerprint density at radius 1 is 1.35 bits per heavy atom. The van der Waals surface area contributed by atoms with E-state index in [1.54, 1.807) is 4.40 Å². The largest absolute Gasteiger partial charge is 0.416 e. The van der Waals surface area contributed by atoms with Crippen LogP contribution in [0.25, 0.3) is 5.52 Å². The summed E-state index contributed by atoms with van der Waals surface area (Å²) in [5, 5.41) is 3.12. The van der Waals surface area contributed by atoms with E-state index in [-0.39, 0.29) is 0 Å². The molecule has 0 spiro atoms. The van der Waals surface area contributed by atoms with Gasteiger partial charge in [0.2, 0.25) is 0 Å². The zero-order chi connectivity index (χ0) is 12.0. The van der Waals surface area contributed by atoms with Crippen LogP contribution in [0.1, 0.15) is 17.3 Å². The Kier molecular flexibility index (Phi) is 2.16. The third kappa shape index (κ3) is 1.68. The predicted octanol–water partition coefficient (Wildman–Crippen LogP) is 2.04. The van der Waals surface area contributed by atoms with E-state index >= 15 is 0 Å². The van der Waals surface area contributed by atoms with E-state index in [2.05, 4.69) is 10.3 Å². The van der Waals surface area contributed by atoms with Crippen molar-refractivity contribution >= 4 is 5.52 Å². The maximum atomic E-state index is 12.5. The molecule has 2 aromatic heterocycles. The van der Waals surface area contributed by atoms with E-state index in [1.807, 2.05) is 0 Å². The number of halogens is 3. The zero-order valence-electron chi connectivity index (χ0n) is 8.83.